The maximum Gasteiger partial charge on any atom is 0.140 e. The number of nitrogens with one attached hydrogen (secondary N) is 1. The monoisotopic (exact) mass is 242 g/mol. The van der Waals surface area contributed by atoms with Crippen molar-refractivity contribution >= 4 is 5.84 Å². The summed E-state index contributed by atoms with van der Waals surface area (Å²) in [6.45, 7) is 6.54. The number of rotatable bonds is 7. The molecule has 1 rings (SSSR count). The van der Waals surface area contributed by atoms with Crippen LogP contribution in [0, 0.1) is 0 Å². The second kappa shape index (κ2) is 8.31. The summed E-state index contributed by atoms with van der Waals surface area (Å²) in [5, 5.41) is 14.6. The summed E-state index contributed by atoms with van der Waals surface area (Å²) >= 11 is 0. The first-order valence-corrected chi connectivity index (χ1v) is 6.65. The van der Waals surface area contributed by atoms with E-state index in [0.29, 0.717) is 12.3 Å². The van der Waals surface area contributed by atoms with Gasteiger partial charge in [-0.05, 0) is 45.8 Å². The van der Waals surface area contributed by atoms with Crippen molar-refractivity contribution in [3.63, 3.8) is 0 Å². The Morgan fingerprint density at radius 3 is 3.00 bits per heavy atom. The molecular weight excluding hydrogens is 216 g/mol. The molecule has 0 bridgehead atoms. The minimum Gasteiger partial charge on any atom is -0.409 e. The van der Waals surface area contributed by atoms with Crippen LogP contribution in [0.15, 0.2) is 5.16 Å². The van der Waals surface area contributed by atoms with E-state index >= 15 is 0 Å². The lowest BCUT2D eigenvalue weighted by molar-refractivity contribution is 0.159. The molecule has 0 amide bonds. The van der Waals surface area contributed by atoms with Crippen molar-refractivity contribution < 1.29 is 5.21 Å². The molecule has 1 heterocycles. The molecule has 17 heavy (non-hydrogen) atoms. The average Bonchev–Trinajstić information content (AvgIpc) is 2.35. The van der Waals surface area contributed by atoms with Crippen LogP contribution in [0.2, 0.25) is 0 Å². The van der Waals surface area contributed by atoms with Crippen molar-refractivity contribution in [2.24, 2.45) is 10.9 Å². The summed E-state index contributed by atoms with van der Waals surface area (Å²) in [6.07, 6.45) is 5.85. The van der Waals surface area contributed by atoms with Gasteiger partial charge in [-0.1, -0.05) is 11.6 Å². The third-order valence-electron chi connectivity index (χ3n) is 3.43. The molecule has 0 aromatic carbocycles. The maximum absolute atomic E-state index is 8.37. The van der Waals surface area contributed by atoms with Crippen LogP contribution in [0.5, 0.6) is 0 Å². The number of amidine groups is 1. The summed E-state index contributed by atoms with van der Waals surface area (Å²) in [5.74, 6) is 0.294. The standard InChI is InChI=1S/C12H26N4O/c1-11-5-2-3-9-16(11)10-4-7-14-8-6-12(13)15-17/h11,14,17H,2-10H2,1H3,(H2,13,15). The van der Waals surface area contributed by atoms with Gasteiger partial charge in [-0.3, -0.25) is 0 Å². The summed E-state index contributed by atoms with van der Waals surface area (Å²) < 4.78 is 0. The second-order valence-corrected chi connectivity index (χ2v) is 4.83. The van der Waals surface area contributed by atoms with Crippen molar-refractivity contribution in [3.8, 4) is 0 Å². The van der Waals surface area contributed by atoms with Crippen LogP contribution in [-0.2, 0) is 0 Å². The fraction of sp³-hybridized carbons (Fsp3) is 0.917. The molecule has 1 unspecified atom stereocenters. The predicted octanol–water partition coefficient (Wildman–Crippen LogP) is 0.977. The smallest absolute Gasteiger partial charge is 0.140 e. The lowest BCUT2D eigenvalue weighted by Gasteiger charge is -2.33. The van der Waals surface area contributed by atoms with Gasteiger partial charge in [0.15, 0.2) is 0 Å². The van der Waals surface area contributed by atoms with Gasteiger partial charge in [0.05, 0.1) is 0 Å². The number of nitrogens with zero attached hydrogens (tertiary/aromatic N) is 2. The first kappa shape index (κ1) is 14.3. The minimum atomic E-state index is 0.294. The first-order valence-electron chi connectivity index (χ1n) is 6.65. The van der Waals surface area contributed by atoms with E-state index in [9.17, 15) is 0 Å². The van der Waals surface area contributed by atoms with Gasteiger partial charge in [-0.15, -0.1) is 0 Å². The molecule has 1 fully saturated rings. The van der Waals surface area contributed by atoms with Gasteiger partial charge in [-0.2, -0.15) is 0 Å². The molecule has 5 heteroatoms. The topological polar surface area (TPSA) is 73.9 Å². The van der Waals surface area contributed by atoms with Crippen LogP contribution in [0.3, 0.4) is 0 Å². The summed E-state index contributed by atoms with van der Waals surface area (Å²) in [4.78, 5) is 2.58. The third-order valence-corrected chi connectivity index (χ3v) is 3.43. The highest BCUT2D eigenvalue weighted by molar-refractivity contribution is 5.79. The van der Waals surface area contributed by atoms with Gasteiger partial charge in [0.25, 0.3) is 0 Å². The Balaban J connectivity index is 1.96. The molecule has 1 saturated heterocycles. The Morgan fingerprint density at radius 2 is 2.29 bits per heavy atom. The molecule has 0 aliphatic carbocycles. The van der Waals surface area contributed by atoms with Crippen LogP contribution in [0.1, 0.15) is 39.0 Å². The van der Waals surface area contributed by atoms with E-state index in [1.54, 1.807) is 0 Å². The highest BCUT2D eigenvalue weighted by Crippen LogP contribution is 2.15. The Bertz CT molecular complexity index is 233. The molecule has 0 spiro atoms. The van der Waals surface area contributed by atoms with Crippen LogP contribution in [0.4, 0.5) is 0 Å². The van der Waals surface area contributed by atoms with Gasteiger partial charge >= 0.3 is 0 Å². The van der Waals surface area contributed by atoms with E-state index in [1.165, 1.54) is 38.8 Å². The molecular formula is C12H26N4O. The van der Waals surface area contributed by atoms with Crippen molar-refractivity contribution in [1.82, 2.24) is 10.2 Å². The fourth-order valence-electron chi connectivity index (χ4n) is 2.29. The Hall–Kier alpha value is -0.810. The molecule has 0 radical (unpaired) electrons. The lowest BCUT2D eigenvalue weighted by Crippen LogP contribution is -2.39. The van der Waals surface area contributed by atoms with E-state index < -0.39 is 0 Å². The predicted molar refractivity (Wildman–Crippen MR) is 70.4 cm³/mol. The fourth-order valence-corrected chi connectivity index (χ4v) is 2.29. The van der Waals surface area contributed by atoms with E-state index in [2.05, 4.69) is 22.3 Å². The maximum atomic E-state index is 8.37. The number of hydrogen-bond donors (Lipinski definition) is 3. The molecule has 0 saturated carbocycles. The molecule has 0 aromatic heterocycles. The summed E-state index contributed by atoms with van der Waals surface area (Å²) in [6, 6.07) is 0.751. The molecule has 0 aromatic rings. The zero-order valence-electron chi connectivity index (χ0n) is 10.9. The van der Waals surface area contributed by atoms with Crippen LogP contribution in [0.25, 0.3) is 0 Å². The zero-order valence-corrected chi connectivity index (χ0v) is 10.9. The highest BCUT2D eigenvalue weighted by atomic mass is 16.4. The number of oxime groups is 1. The van der Waals surface area contributed by atoms with Crippen molar-refractivity contribution in [3.05, 3.63) is 0 Å². The van der Waals surface area contributed by atoms with Crippen molar-refractivity contribution in [2.75, 3.05) is 26.2 Å². The summed E-state index contributed by atoms with van der Waals surface area (Å²) in [7, 11) is 0. The normalized spacial score (nSPS) is 22.9. The molecule has 1 atom stereocenters. The van der Waals surface area contributed by atoms with Crippen LogP contribution < -0.4 is 11.1 Å². The molecule has 1 aliphatic rings. The Kier molecular flexibility index (Phi) is 6.96. The number of piperidine rings is 1. The third kappa shape index (κ3) is 5.89. The molecule has 4 N–H and O–H groups in total. The summed E-state index contributed by atoms with van der Waals surface area (Å²) in [5.41, 5.74) is 5.37. The van der Waals surface area contributed by atoms with Gasteiger partial charge < -0.3 is 21.2 Å². The number of nitrogens with two attached hydrogens (primary N) is 1. The number of hydrogen-bond acceptors (Lipinski definition) is 4. The molecule has 5 nitrogen and oxygen atoms in total. The molecule has 1 aliphatic heterocycles. The van der Waals surface area contributed by atoms with Gasteiger partial charge in [0, 0.05) is 19.0 Å². The minimum absolute atomic E-state index is 0.294. The van der Waals surface area contributed by atoms with E-state index in [0.717, 1.165) is 19.1 Å². The van der Waals surface area contributed by atoms with Crippen LogP contribution >= 0.6 is 0 Å². The highest BCUT2D eigenvalue weighted by Gasteiger charge is 2.16. The average molecular weight is 242 g/mol. The number of likely N-dealkylation sites (tertiary alicyclic amines) is 1. The van der Waals surface area contributed by atoms with E-state index in [1.807, 2.05) is 0 Å². The molecule has 100 valence electrons. The van der Waals surface area contributed by atoms with Crippen molar-refractivity contribution in [1.29, 1.82) is 0 Å². The van der Waals surface area contributed by atoms with E-state index in [-0.39, 0.29) is 0 Å². The SMILES string of the molecule is CC1CCCCN1CCCNCCC(N)=NO. The quantitative estimate of drug-likeness (QED) is 0.204. The Morgan fingerprint density at radius 1 is 1.47 bits per heavy atom. The Labute approximate surface area is 104 Å². The van der Waals surface area contributed by atoms with Gasteiger partial charge in [0.2, 0.25) is 0 Å². The van der Waals surface area contributed by atoms with Crippen molar-refractivity contribution in [2.45, 2.75) is 45.1 Å². The van der Waals surface area contributed by atoms with E-state index in [4.69, 9.17) is 10.9 Å². The van der Waals surface area contributed by atoms with Gasteiger partial charge in [0.1, 0.15) is 5.84 Å². The van der Waals surface area contributed by atoms with Gasteiger partial charge in [-0.25, -0.2) is 0 Å². The first-order chi connectivity index (χ1) is 8.24. The largest absolute Gasteiger partial charge is 0.409 e. The zero-order chi connectivity index (χ0) is 12.5. The second-order valence-electron chi connectivity index (χ2n) is 4.83. The lowest BCUT2D eigenvalue weighted by atomic mass is 10.0. The van der Waals surface area contributed by atoms with Crippen LogP contribution in [-0.4, -0.2) is 48.2 Å².